The van der Waals surface area contributed by atoms with Crippen molar-refractivity contribution in [1.82, 2.24) is 0 Å². The van der Waals surface area contributed by atoms with Crippen molar-refractivity contribution in [3.8, 4) is 0 Å². The van der Waals surface area contributed by atoms with Crippen LogP contribution in [-0.4, -0.2) is 36.5 Å². The van der Waals surface area contributed by atoms with Crippen LogP contribution in [-0.2, 0) is 9.09 Å². The molecule has 0 aromatic heterocycles. The van der Waals surface area contributed by atoms with Crippen molar-refractivity contribution in [2.45, 2.75) is 13.0 Å². The van der Waals surface area contributed by atoms with Crippen molar-refractivity contribution in [3.63, 3.8) is 0 Å². The van der Waals surface area contributed by atoms with E-state index in [9.17, 15) is 4.57 Å². The predicted octanol–water partition coefficient (Wildman–Crippen LogP) is 1.53. The Bertz CT molecular complexity index is 151. The summed E-state index contributed by atoms with van der Waals surface area (Å²) in [5.41, 5.74) is 0. The SMILES string of the molecule is CCOP(C)(=O)C[C@H](O)CCl. The van der Waals surface area contributed by atoms with E-state index in [4.69, 9.17) is 21.2 Å². The van der Waals surface area contributed by atoms with Gasteiger partial charge in [0.05, 0.1) is 18.9 Å². The molecular weight excluding hydrogens is 186 g/mol. The lowest BCUT2D eigenvalue weighted by atomic mass is 10.5. The molecule has 0 heterocycles. The molecule has 0 aliphatic rings. The maximum Gasteiger partial charge on any atom is 0.202 e. The predicted molar refractivity (Wildman–Crippen MR) is 46.8 cm³/mol. The van der Waals surface area contributed by atoms with Crippen LogP contribution in [0.2, 0.25) is 0 Å². The summed E-state index contributed by atoms with van der Waals surface area (Å²) in [5, 5.41) is 9.04. The molecular formula is C6H14ClO3P. The van der Waals surface area contributed by atoms with Crippen LogP contribution in [0.1, 0.15) is 6.92 Å². The first-order valence-corrected chi connectivity index (χ1v) is 6.26. The van der Waals surface area contributed by atoms with Gasteiger partial charge in [0.2, 0.25) is 7.37 Å². The van der Waals surface area contributed by atoms with Gasteiger partial charge in [0.15, 0.2) is 0 Å². The summed E-state index contributed by atoms with van der Waals surface area (Å²) in [4.78, 5) is 0. The first-order chi connectivity index (χ1) is 5.02. The number of hydrogen-bond donors (Lipinski definition) is 1. The quantitative estimate of drug-likeness (QED) is 0.541. The summed E-state index contributed by atoms with van der Waals surface area (Å²) in [6.07, 6.45) is -0.580. The molecule has 11 heavy (non-hydrogen) atoms. The van der Waals surface area contributed by atoms with Crippen molar-refractivity contribution in [3.05, 3.63) is 0 Å². The third-order valence-corrected chi connectivity index (χ3v) is 3.37. The van der Waals surface area contributed by atoms with Crippen LogP contribution in [0.3, 0.4) is 0 Å². The summed E-state index contributed by atoms with van der Waals surface area (Å²) in [5.74, 6) is 0.102. The Kier molecular flexibility index (Phi) is 5.36. The maximum atomic E-state index is 11.3. The van der Waals surface area contributed by atoms with Gasteiger partial charge >= 0.3 is 0 Å². The lowest BCUT2D eigenvalue weighted by molar-refractivity contribution is 0.214. The van der Waals surface area contributed by atoms with Crippen molar-refractivity contribution in [2.24, 2.45) is 0 Å². The number of rotatable bonds is 5. The average molecular weight is 201 g/mol. The molecule has 0 aromatic rings. The lowest BCUT2D eigenvalue weighted by Crippen LogP contribution is -2.14. The average Bonchev–Trinajstić information content (AvgIpc) is 1.86. The van der Waals surface area contributed by atoms with Crippen LogP contribution in [0.25, 0.3) is 0 Å². The summed E-state index contributed by atoms with van der Waals surface area (Å²) in [7, 11) is -2.60. The molecule has 3 nitrogen and oxygen atoms in total. The van der Waals surface area contributed by atoms with Crippen LogP contribution >= 0.6 is 19.0 Å². The summed E-state index contributed by atoms with van der Waals surface area (Å²) >= 11 is 5.33. The van der Waals surface area contributed by atoms with Gasteiger partial charge in [0.1, 0.15) is 0 Å². The highest BCUT2D eigenvalue weighted by Crippen LogP contribution is 2.42. The molecule has 5 heteroatoms. The van der Waals surface area contributed by atoms with Gasteiger partial charge in [0, 0.05) is 12.5 Å². The third-order valence-electron chi connectivity index (χ3n) is 1.12. The third kappa shape index (κ3) is 5.68. The molecule has 1 unspecified atom stereocenters. The molecule has 0 radical (unpaired) electrons. The molecule has 0 spiro atoms. The van der Waals surface area contributed by atoms with Crippen molar-refractivity contribution in [2.75, 3.05) is 25.3 Å². The van der Waals surface area contributed by atoms with Gasteiger partial charge in [-0.25, -0.2) is 0 Å². The summed E-state index contributed by atoms with van der Waals surface area (Å²) < 4.78 is 16.3. The van der Waals surface area contributed by atoms with Gasteiger partial charge in [-0.1, -0.05) is 0 Å². The number of hydrogen-bond acceptors (Lipinski definition) is 3. The number of aliphatic hydroxyl groups excluding tert-OH is 1. The first kappa shape index (κ1) is 11.4. The molecule has 0 aliphatic carbocycles. The van der Waals surface area contributed by atoms with Crippen molar-refractivity contribution >= 4 is 19.0 Å². The van der Waals surface area contributed by atoms with E-state index in [-0.39, 0.29) is 12.0 Å². The molecule has 68 valence electrons. The largest absolute Gasteiger partial charge is 0.391 e. The smallest absolute Gasteiger partial charge is 0.202 e. The fourth-order valence-electron chi connectivity index (χ4n) is 0.757. The second kappa shape index (κ2) is 5.15. The van der Waals surface area contributed by atoms with Crippen LogP contribution in [0.4, 0.5) is 0 Å². The van der Waals surface area contributed by atoms with Gasteiger partial charge in [-0.2, -0.15) is 0 Å². The van der Waals surface area contributed by atoms with Gasteiger partial charge in [-0.05, 0) is 6.92 Å². The lowest BCUT2D eigenvalue weighted by Gasteiger charge is -2.14. The molecule has 0 saturated carbocycles. The molecule has 0 bridgehead atoms. The normalized spacial score (nSPS) is 19.3. The standard InChI is InChI=1S/C6H14ClO3P/c1-3-10-11(2,9)5-6(8)4-7/h6,8H,3-5H2,1-2H3/t6-,11?/m1/s1. The Hall–Kier alpha value is 0.440. The zero-order chi connectivity index (χ0) is 8.91. The molecule has 0 rings (SSSR count). The fraction of sp³-hybridized carbons (Fsp3) is 1.00. The fourth-order valence-corrected chi connectivity index (χ4v) is 2.57. The Labute approximate surface area is 72.2 Å². The van der Waals surface area contributed by atoms with E-state index < -0.39 is 13.5 Å². The molecule has 0 saturated heterocycles. The molecule has 0 amide bonds. The second-order valence-electron chi connectivity index (χ2n) is 2.42. The number of aliphatic hydroxyl groups is 1. The topological polar surface area (TPSA) is 46.5 Å². The molecule has 2 atom stereocenters. The highest BCUT2D eigenvalue weighted by atomic mass is 35.5. The summed E-state index contributed by atoms with van der Waals surface area (Å²) in [6, 6.07) is 0. The van der Waals surface area contributed by atoms with Crippen LogP contribution in [0.5, 0.6) is 0 Å². The minimum absolute atomic E-state index is 0.102. The molecule has 0 fully saturated rings. The molecule has 1 N–H and O–H groups in total. The van der Waals surface area contributed by atoms with Gasteiger partial charge in [-0.3, -0.25) is 4.57 Å². The highest BCUT2D eigenvalue weighted by Gasteiger charge is 2.19. The van der Waals surface area contributed by atoms with E-state index in [1.54, 1.807) is 6.92 Å². The van der Waals surface area contributed by atoms with Crippen LogP contribution < -0.4 is 0 Å². The Morgan fingerprint density at radius 1 is 1.73 bits per heavy atom. The molecule has 0 aliphatic heterocycles. The van der Waals surface area contributed by atoms with Crippen LogP contribution in [0.15, 0.2) is 0 Å². The Morgan fingerprint density at radius 3 is 2.64 bits per heavy atom. The van der Waals surface area contributed by atoms with Gasteiger partial charge in [-0.15, -0.1) is 11.6 Å². The van der Waals surface area contributed by atoms with E-state index in [1.165, 1.54) is 6.66 Å². The van der Waals surface area contributed by atoms with E-state index in [2.05, 4.69) is 0 Å². The Morgan fingerprint density at radius 2 is 2.27 bits per heavy atom. The van der Waals surface area contributed by atoms with E-state index in [0.29, 0.717) is 6.61 Å². The van der Waals surface area contributed by atoms with Gasteiger partial charge in [0.25, 0.3) is 0 Å². The van der Waals surface area contributed by atoms with E-state index in [0.717, 1.165) is 0 Å². The minimum atomic E-state index is -2.60. The van der Waals surface area contributed by atoms with Crippen molar-refractivity contribution in [1.29, 1.82) is 0 Å². The van der Waals surface area contributed by atoms with Crippen molar-refractivity contribution < 1.29 is 14.2 Å². The van der Waals surface area contributed by atoms with E-state index >= 15 is 0 Å². The first-order valence-electron chi connectivity index (χ1n) is 3.47. The second-order valence-corrected chi connectivity index (χ2v) is 5.38. The zero-order valence-electron chi connectivity index (χ0n) is 6.79. The van der Waals surface area contributed by atoms with Crippen LogP contribution in [0, 0.1) is 0 Å². The summed E-state index contributed by atoms with van der Waals surface area (Å²) in [6.45, 7) is 3.68. The number of halogens is 1. The van der Waals surface area contributed by atoms with E-state index in [1.807, 2.05) is 0 Å². The maximum absolute atomic E-state index is 11.3. The zero-order valence-corrected chi connectivity index (χ0v) is 8.44. The highest BCUT2D eigenvalue weighted by molar-refractivity contribution is 7.58. The minimum Gasteiger partial charge on any atom is -0.391 e. The molecule has 0 aromatic carbocycles. The monoisotopic (exact) mass is 200 g/mol. The Balaban J connectivity index is 3.81. The number of alkyl halides is 1. The van der Waals surface area contributed by atoms with Gasteiger partial charge < -0.3 is 9.63 Å².